The van der Waals surface area contributed by atoms with Crippen molar-refractivity contribution in [3.63, 3.8) is 0 Å². The summed E-state index contributed by atoms with van der Waals surface area (Å²) in [6.45, 7) is 0. The Morgan fingerprint density at radius 1 is 1.00 bits per heavy atom. The third-order valence-corrected chi connectivity index (χ3v) is 3.27. The van der Waals surface area contributed by atoms with Gasteiger partial charge in [0.15, 0.2) is 0 Å². The van der Waals surface area contributed by atoms with Crippen molar-refractivity contribution >= 4 is 11.6 Å². The molecule has 122 valence electrons. The standard InChI is InChI=1S/C17H18FNO4/c1-21-13-5-7-16(23-3)14(10-13)19-17(20)9-11-8-12(18)4-6-15(11)22-2/h4-8,10H,9H2,1-3H3,(H,19,20). The zero-order chi connectivity index (χ0) is 16.8. The number of carbonyl (C=O) groups is 1. The highest BCUT2D eigenvalue weighted by atomic mass is 19.1. The van der Waals surface area contributed by atoms with Crippen molar-refractivity contribution < 1.29 is 23.4 Å². The first-order valence-corrected chi connectivity index (χ1v) is 6.91. The van der Waals surface area contributed by atoms with E-state index in [9.17, 15) is 9.18 Å². The van der Waals surface area contributed by atoms with Crippen LogP contribution >= 0.6 is 0 Å². The number of methoxy groups -OCH3 is 3. The van der Waals surface area contributed by atoms with Crippen LogP contribution in [0, 0.1) is 5.82 Å². The van der Waals surface area contributed by atoms with Gasteiger partial charge >= 0.3 is 0 Å². The molecule has 1 amide bonds. The maximum atomic E-state index is 13.4. The summed E-state index contributed by atoms with van der Waals surface area (Å²) in [5, 5.41) is 2.73. The highest BCUT2D eigenvalue weighted by molar-refractivity contribution is 5.94. The number of ether oxygens (including phenoxy) is 3. The molecule has 2 aromatic rings. The molecule has 1 N–H and O–H groups in total. The monoisotopic (exact) mass is 319 g/mol. The van der Waals surface area contributed by atoms with Crippen molar-refractivity contribution in [2.75, 3.05) is 26.6 Å². The van der Waals surface area contributed by atoms with Crippen molar-refractivity contribution in [2.24, 2.45) is 0 Å². The van der Waals surface area contributed by atoms with Gasteiger partial charge in [-0.05, 0) is 30.3 Å². The zero-order valence-corrected chi connectivity index (χ0v) is 13.2. The average molecular weight is 319 g/mol. The Balaban J connectivity index is 2.18. The van der Waals surface area contributed by atoms with E-state index >= 15 is 0 Å². The molecule has 0 aliphatic heterocycles. The highest BCUT2D eigenvalue weighted by Gasteiger charge is 2.13. The number of hydrogen-bond donors (Lipinski definition) is 1. The molecule has 6 heteroatoms. The van der Waals surface area contributed by atoms with E-state index in [1.807, 2.05) is 0 Å². The Morgan fingerprint density at radius 3 is 2.35 bits per heavy atom. The van der Waals surface area contributed by atoms with Crippen LogP contribution in [0.15, 0.2) is 36.4 Å². The fraction of sp³-hybridized carbons (Fsp3) is 0.235. The molecule has 5 nitrogen and oxygen atoms in total. The lowest BCUT2D eigenvalue weighted by atomic mass is 10.1. The van der Waals surface area contributed by atoms with Gasteiger partial charge in [0.25, 0.3) is 0 Å². The van der Waals surface area contributed by atoms with Crippen LogP contribution < -0.4 is 19.5 Å². The predicted octanol–water partition coefficient (Wildman–Crippen LogP) is 3.03. The summed E-state index contributed by atoms with van der Waals surface area (Å²) in [6, 6.07) is 9.12. The van der Waals surface area contributed by atoms with E-state index in [2.05, 4.69) is 5.32 Å². The molecule has 0 saturated heterocycles. The van der Waals surface area contributed by atoms with Gasteiger partial charge in [0.1, 0.15) is 23.1 Å². The number of carbonyl (C=O) groups excluding carboxylic acids is 1. The first-order valence-electron chi connectivity index (χ1n) is 6.91. The lowest BCUT2D eigenvalue weighted by molar-refractivity contribution is -0.115. The average Bonchev–Trinajstić information content (AvgIpc) is 2.55. The Bertz CT molecular complexity index is 703. The van der Waals surface area contributed by atoms with Crippen LogP contribution in [-0.4, -0.2) is 27.2 Å². The molecule has 0 aliphatic rings. The second-order valence-electron chi connectivity index (χ2n) is 4.75. The molecule has 0 heterocycles. The van der Waals surface area contributed by atoms with E-state index in [0.717, 1.165) is 0 Å². The second kappa shape index (κ2) is 7.49. The van der Waals surface area contributed by atoms with Crippen molar-refractivity contribution in [2.45, 2.75) is 6.42 Å². The van der Waals surface area contributed by atoms with Crippen molar-refractivity contribution in [3.8, 4) is 17.2 Å². The van der Waals surface area contributed by atoms with E-state index in [4.69, 9.17) is 14.2 Å². The first-order chi connectivity index (χ1) is 11.1. The fourth-order valence-corrected chi connectivity index (χ4v) is 2.16. The topological polar surface area (TPSA) is 56.8 Å². The minimum atomic E-state index is -0.424. The third-order valence-electron chi connectivity index (χ3n) is 3.27. The van der Waals surface area contributed by atoms with E-state index in [-0.39, 0.29) is 12.3 Å². The van der Waals surface area contributed by atoms with Crippen LogP contribution in [-0.2, 0) is 11.2 Å². The smallest absolute Gasteiger partial charge is 0.229 e. The molecule has 0 aromatic heterocycles. The summed E-state index contributed by atoms with van der Waals surface area (Å²) in [5.41, 5.74) is 0.944. The zero-order valence-electron chi connectivity index (χ0n) is 13.2. The quantitative estimate of drug-likeness (QED) is 0.889. The molecular weight excluding hydrogens is 301 g/mol. The molecule has 0 spiro atoms. The molecular formula is C17H18FNO4. The number of amides is 1. The van der Waals surface area contributed by atoms with Crippen molar-refractivity contribution in [1.82, 2.24) is 0 Å². The fourth-order valence-electron chi connectivity index (χ4n) is 2.16. The lowest BCUT2D eigenvalue weighted by Crippen LogP contribution is -2.15. The van der Waals surface area contributed by atoms with Crippen molar-refractivity contribution in [1.29, 1.82) is 0 Å². The summed E-state index contributed by atoms with van der Waals surface area (Å²) >= 11 is 0. The predicted molar refractivity (Wildman–Crippen MR) is 84.8 cm³/mol. The lowest BCUT2D eigenvalue weighted by Gasteiger charge is -2.13. The van der Waals surface area contributed by atoms with Gasteiger partial charge in [-0.1, -0.05) is 0 Å². The maximum absolute atomic E-state index is 13.4. The maximum Gasteiger partial charge on any atom is 0.229 e. The van der Waals surface area contributed by atoms with E-state index in [1.54, 1.807) is 18.2 Å². The van der Waals surface area contributed by atoms with Crippen LogP contribution in [0.1, 0.15) is 5.56 Å². The number of nitrogens with one attached hydrogen (secondary N) is 1. The van der Waals surface area contributed by atoms with E-state index < -0.39 is 5.82 Å². The Kier molecular flexibility index (Phi) is 5.41. The number of benzene rings is 2. The summed E-state index contributed by atoms with van der Waals surface area (Å²) in [5.74, 6) is 0.807. The molecule has 0 unspecified atom stereocenters. The summed E-state index contributed by atoms with van der Waals surface area (Å²) < 4.78 is 28.8. The Hall–Kier alpha value is -2.76. The molecule has 0 radical (unpaired) electrons. The third kappa shape index (κ3) is 4.12. The first kappa shape index (κ1) is 16.6. The summed E-state index contributed by atoms with van der Waals surface area (Å²) in [6.07, 6.45) is -0.0265. The number of halogens is 1. The molecule has 0 saturated carbocycles. The Morgan fingerprint density at radius 2 is 1.70 bits per heavy atom. The van der Waals surface area contributed by atoms with Crippen LogP contribution in [0.4, 0.5) is 10.1 Å². The number of hydrogen-bond acceptors (Lipinski definition) is 4. The largest absolute Gasteiger partial charge is 0.497 e. The van der Waals surface area contributed by atoms with Gasteiger partial charge in [-0.2, -0.15) is 0 Å². The summed E-state index contributed by atoms with van der Waals surface area (Å²) in [4.78, 5) is 12.2. The van der Waals surface area contributed by atoms with Gasteiger partial charge in [-0.25, -0.2) is 4.39 Å². The molecule has 0 aliphatic carbocycles. The van der Waals surface area contributed by atoms with Gasteiger partial charge in [-0.15, -0.1) is 0 Å². The van der Waals surface area contributed by atoms with Crippen molar-refractivity contribution in [3.05, 3.63) is 47.8 Å². The normalized spacial score (nSPS) is 10.1. The highest BCUT2D eigenvalue weighted by Crippen LogP contribution is 2.29. The minimum Gasteiger partial charge on any atom is -0.497 e. The van der Waals surface area contributed by atoms with Crippen LogP contribution in [0.5, 0.6) is 17.2 Å². The van der Waals surface area contributed by atoms with Gasteiger partial charge in [0, 0.05) is 11.6 Å². The molecule has 0 fully saturated rings. The number of rotatable bonds is 6. The minimum absolute atomic E-state index is 0.0265. The molecule has 23 heavy (non-hydrogen) atoms. The molecule has 0 atom stereocenters. The van der Waals surface area contributed by atoms with Crippen LogP contribution in [0.2, 0.25) is 0 Å². The molecule has 2 aromatic carbocycles. The SMILES string of the molecule is COc1ccc(OC)c(NC(=O)Cc2cc(F)ccc2OC)c1. The van der Waals surface area contributed by atoms with Gasteiger partial charge in [0.2, 0.25) is 5.91 Å². The molecule has 2 rings (SSSR count). The second-order valence-corrected chi connectivity index (χ2v) is 4.75. The summed E-state index contributed by atoms with van der Waals surface area (Å²) in [7, 11) is 4.51. The molecule has 0 bridgehead atoms. The van der Waals surface area contributed by atoms with E-state index in [1.165, 1.54) is 39.5 Å². The van der Waals surface area contributed by atoms with E-state index in [0.29, 0.717) is 28.5 Å². The Labute approximate surface area is 134 Å². The van der Waals surface area contributed by atoms with Crippen LogP contribution in [0.25, 0.3) is 0 Å². The number of anilines is 1. The van der Waals surface area contributed by atoms with Gasteiger partial charge in [0.05, 0.1) is 33.4 Å². The van der Waals surface area contributed by atoms with Crippen LogP contribution in [0.3, 0.4) is 0 Å². The van der Waals surface area contributed by atoms with Gasteiger partial charge in [-0.3, -0.25) is 4.79 Å². The van der Waals surface area contributed by atoms with Gasteiger partial charge < -0.3 is 19.5 Å².